The summed E-state index contributed by atoms with van der Waals surface area (Å²) in [5.74, 6) is -0.886. The van der Waals surface area contributed by atoms with Crippen LogP contribution in [0.2, 0.25) is 0 Å². The molecule has 0 aliphatic rings. The minimum Gasteiger partial charge on any atom is -0.351 e. The highest BCUT2D eigenvalue weighted by atomic mass is 16.6. The number of nitrogens with zero attached hydrogens (tertiary/aromatic N) is 1. The molecule has 0 unspecified atom stereocenters. The van der Waals surface area contributed by atoms with Gasteiger partial charge in [-0.05, 0) is 18.6 Å². The lowest BCUT2D eigenvalue weighted by atomic mass is 10.1. The molecule has 0 aliphatic carbocycles. The van der Waals surface area contributed by atoms with Crippen molar-refractivity contribution in [1.29, 1.82) is 0 Å². The number of hydrogen-bond acceptors (Lipinski definition) is 4. The second-order valence-electron chi connectivity index (χ2n) is 3.10. The summed E-state index contributed by atoms with van der Waals surface area (Å²) in [4.78, 5) is 31.8. The maximum absolute atomic E-state index is 11.4. The fourth-order valence-corrected chi connectivity index (χ4v) is 1.17. The summed E-state index contributed by atoms with van der Waals surface area (Å²) in [6.45, 7) is 1.67. The summed E-state index contributed by atoms with van der Waals surface area (Å²) in [6.07, 6.45) is 0. The van der Waals surface area contributed by atoms with Crippen LogP contribution in [0, 0.1) is 17.0 Å². The number of nitrogens with one attached hydrogen (secondary N) is 1. The van der Waals surface area contributed by atoms with E-state index < -0.39 is 16.9 Å². The molecular formula is C9H9N3O4. The first kappa shape index (κ1) is 11.6. The third-order valence-electron chi connectivity index (χ3n) is 1.83. The molecular weight excluding hydrogens is 214 g/mol. The van der Waals surface area contributed by atoms with Crippen LogP contribution in [-0.2, 0) is 0 Å². The second kappa shape index (κ2) is 4.39. The summed E-state index contributed by atoms with van der Waals surface area (Å²) >= 11 is 0. The third-order valence-corrected chi connectivity index (χ3v) is 1.83. The van der Waals surface area contributed by atoms with Crippen molar-refractivity contribution in [2.24, 2.45) is 5.73 Å². The summed E-state index contributed by atoms with van der Waals surface area (Å²) in [5, 5.41) is 12.4. The highest BCUT2D eigenvalue weighted by Crippen LogP contribution is 2.19. The van der Waals surface area contributed by atoms with Crippen LogP contribution in [0.15, 0.2) is 18.2 Å². The zero-order valence-corrected chi connectivity index (χ0v) is 8.39. The van der Waals surface area contributed by atoms with E-state index in [2.05, 4.69) is 0 Å². The predicted molar refractivity (Wildman–Crippen MR) is 54.9 cm³/mol. The van der Waals surface area contributed by atoms with Crippen molar-refractivity contribution in [2.45, 2.75) is 6.92 Å². The van der Waals surface area contributed by atoms with Gasteiger partial charge in [0, 0.05) is 6.07 Å². The number of carbonyl (C=O) groups is 2. The van der Waals surface area contributed by atoms with Crippen LogP contribution < -0.4 is 11.1 Å². The Labute approximate surface area is 90.4 Å². The lowest BCUT2D eigenvalue weighted by Gasteiger charge is -2.03. The first-order valence-corrected chi connectivity index (χ1v) is 4.27. The molecule has 0 fully saturated rings. The highest BCUT2D eigenvalue weighted by molar-refractivity contribution is 6.06. The van der Waals surface area contributed by atoms with Gasteiger partial charge in [-0.25, -0.2) is 4.79 Å². The van der Waals surface area contributed by atoms with Crippen molar-refractivity contribution in [1.82, 2.24) is 5.32 Å². The van der Waals surface area contributed by atoms with Gasteiger partial charge in [0.1, 0.15) is 5.56 Å². The largest absolute Gasteiger partial charge is 0.351 e. The summed E-state index contributed by atoms with van der Waals surface area (Å²) in [5.41, 5.74) is 4.86. The molecule has 0 atom stereocenters. The molecule has 1 aromatic rings. The van der Waals surface area contributed by atoms with Crippen molar-refractivity contribution in [3.05, 3.63) is 39.4 Å². The van der Waals surface area contributed by atoms with E-state index in [0.29, 0.717) is 5.56 Å². The van der Waals surface area contributed by atoms with Crippen molar-refractivity contribution < 1.29 is 14.5 Å². The van der Waals surface area contributed by atoms with Gasteiger partial charge in [0.15, 0.2) is 0 Å². The van der Waals surface area contributed by atoms with Crippen LogP contribution in [-0.4, -0.2) is 16.9 Å². The normalized spacial score (nSPS) is 9.56. The van der Waals surface area contributed by atoms with E-state index >= 15 is 0 Å². The topological polar surface area (TPSA) is 115 Å². The third kappa shape index (κ3) is 2.53. The zero-order chi connectivity index (χ0) is 12.3. The molecule has 3 amide bonds. The SMILES string of the molecule is Cc1ccc([N+](=O)[O-])c(C(=O)NC(N)=O)c1. The maximum atomic E-state index is 11.4. The van der Waals surface area contributed by atoms with Gasteiger partial charge in [-0.3, -0.25) is 20.2 Å². The first-order chi connectivity index (χ1) is 7.41. The van der Waals surface area contributed by atoms with Crippen molar-refractivity contribution in [2.75, 3.05) is 0 Å². The molecule has 0 bridgehead atoms. The molecule has 1 rings (SSSR count). The van der Waals surface area contributed by atoms with Crippen molar-refractivity contribution >= 4 is 17.6 Å². The van der Waals surface area contributed by atoms with Crippen LogP contribution in [0.1, 0.15) is 15.9 Å². The molecule has 3 N–H and O–H groups in total. The Balaban J connectivity index is 3.19. The highest BCUT2D eigenvalue weighted by Gasteiger charge is 2.20. The zero-order valence-electron chi connectivity index (χ0n) is 8.39. The summed E-state index contributed by atoms with van der Waals surface area (Å²) in [7, 11) is 0. The Morgan fingerprint density at radius 1 is 1.44 bits per heavy atom. The van der Waals surface area contributed by atoms with Gasteiger partial charge in [-0.1, -0.05) is 6.07 Å². The summed E-state index contributed by atoms with van der Waals surface area (Å²) in [6, 6.07) is 2.96. The Hall–Kier alpha value is -2.44. The van der Waals surface area contributed by atoms with Gasteiger partial charge in [0.05, 0.1) is 4.92 Å². The van der Waals surface area contributed by atoms with Crippen LogP contribution in [0.3, 0.4) is 0 Å². The van der Waals surface area contributed by atoms with Gasteiger partial charge in [-0.15, -0.1) is 0 Å². The Morgan fingerprint density at radius 3 is 2.56 bits per heavy atom. The Morgan fingerprint density at radius 2 is 2.06 bits per heavy atom. The van der Waals surface area contributed by atoms with Crippen LogP contribution in [0.5, 0.6) is 0 Å². The Bertz CT molecular complexity index is 470. The van der Waals surface area contributed by atoms with Gasteiger partial charge in [0.2, 0.25) is 0 Å². The molecule has 0 saturated heterocycles. The number of primary amides is 1. The molecule has 0 saturated carbocycles. The quantitative estimate of drug-likeness (QED) is 0.567. The molecule has 7 nitrogen and oxygen atoms in total. The van der Waals surface area contributed by atoms with Crippen LogP contribution in [0.4, 0.5) is 10.5 Å². The lowest BCUT2D eigenvalue weighted by molar-refractivity contribution is -0.385. The number of nitro benzene ring substituents is 1. The molecule has 0 radical (unpaired) electrons. The van der Waals surface area contributed by atoms with Gasteiger partial charge >= 0.3 is 6.03 Å². The van der Waals surface area contributed by atoms with Gasteiger partial charge < -0.3 is 5.73 Å². The molecule has 84 valence electrons. The maximum Gasteiger partial charge on any atom is 0.319 e. The Kier molecular flexibility index (Phi) is 3.19. The monoisotopic (exact) mass is 223 g/mol. The molecule has 0 aromatic heterocycles. The number of rotatable bonds is 2. The van der Waals surface area contributed by atoms with Gasteiger partial charge in [0.25, 0.3) is 11.6 Å². The predicted octanol–water partition coefficient (Wildman–Crippen LogP) is 0.712. The number of carbonyl (C=O) groups excluding carboxylic acids is 2. The average Bonchev–Trinajstić information content (AvgIpc) is 2.15. The number of benzene rings is 1. The number of nitro groups is 1. The molecule has 1 aromatic carbocycles. The second-order valence-corrected chi connectivity index (χ2v) is 3.10. The number of imide groups is 1. The van der Waals surface area contributed by atoms with E-state index in [-0.39, 0.29) is 11.3 Å². The van der Waals surface area contributed by atoms with E-state index in [1.165, 1.54) is 18.2 Å². The van der Waals surface area contributed by atoms with E-state index in [4.69, 9.17) is 5.73 Å². The number of hydrogen-bond donors (Lipinski definition) is 2. The molecule has 0 spiro atoms. The number of amides is 3. The standard InChI is InChI=1S/C9H9N3O4/c1-5-2-3-7(12(15)16)6(4-5)8(13)11-9(10)14/h2-4H,1H3,(H3,10,11,13,14). The molecule has 0 aliphatic heterocycles. The molecule has 16 heavy (non-hydrogen) atoms. The van der Waals surface area contributed by atoms with Crippen molar-refractivity contribution in [3.63, 3.8) is 0 Å². The number of aryl methyl sites for hydroxylation is 1. The van der Waals surface area contributed by atoms with E-state index in [1.807, 2.05) is 0 Å². The van der Waals surface area contributed by atoms with E-state index in [1.54, 1.807) is 12.2 Å². The number of nitrogens with two attached hydrogens (primary N) is 1. The van der Waals surface area contributed by atoms with Crippen LogP contribution >= 0.6 is 0 Å². The lowest BCUT2D eigenvalue weighted by Crippen LogP contribution is -2.35. The van der Waals surface area contributed by atoms with E-state index in [0.717, 1.165) is 0 Å². The molecule has 0 heterocycles. The van der Waals surface area contributed by atoms with Crippen LogP contribution in [0.25, 0.3) is 0 Å². The first-order valence-electron chi connectivity index (χ1n) is 4.27. The fourth-order valence-electron chi connectivity index (χ4n) is 1.17. The average molecular weight is 223 g/mol. The van der Waals surface area contributed by atoms with E-state index in [9.17, 15) is 19.7 Å². The smallest absolute Gasteiger partial charge is 0.319 e. The molecule has 7 heteroatoms. The van der Waals surface area contributed by atoms with Crippen molar-refractivity contribution in [3.8, 4) is 0 Å². The summed E-state index contributed by atoms with van der Waals surface area (Å²) < 4.78 is 0. The minimum absolute atomic E-state index is 0.191. The minimum atomic E-state index is -1.05. The fraction of sp³-hybridized carbons (Fsp3) is 0.111. The number of urea groups is 1. The van der Waals surface area contributed by atoms with Gasteiger partial charge in [-0.2, -0.15) is 0 Å².